The Labute approximate surface area is 104 Å². The van der Waals surface area contributed by atoms with Crippen LogP contribution in [0.25, 0.3) is 0 Å². The minimum atomic E-state index is -0.491. The molecule has 1 aromatic carbocycles. The minimum Gasteiger partial charge on any atom is -0.494 e. The molecule has 0 saturated carbocycles. The summed E-state index contributed by atoms with van der Waals surface area (Å²) in [7, 11) is 1.39. The molecule has 2 aromatic rings. The molecule has 0 spiro atoms. The standard InChI is InChI=1S/C14H13FO3/c1-9-11(6-7-18-9)12(16)8-10-4-3-5-13(17-2)14(10)15/h3-7H,8H2,1-2H3. The number of hydrogen-bond acceptors (Lipinski definition) is 3. The predicted octanol–water partition coefficient (Wildman–Crippen LogP) is 3.16. The lowest BCUT2D eigenvalue weighted by Crippen LogP contribution is -2.06. The monoisotopic (exact) mass is 248 g/mol. The van der Waals surface area contributed by atoms with Crippen LogP contribution in [0.1, 0.15) is 21.7 Å². The van der Waals surface area contributed by atoms with E-state index in [2.05, 4.69) is 0 Å². The lowest BCUT2D eigenvalue weighted by Gasteiger charge is -2.06. The predicted molar refractivity (Wildman–Crippen MR) is 64.4 cm³/mol. The van der Waals surface area contributed by atoms with E-state index < -0.39 is 5.82 Å². The summed E-state index contributed by atoms with van der Waals surface area (Å²) in [6, 6.07) is 6.35. The number of ether oxygens (including phenoxy) is 1. The number of rotatable bonds is 4. The number of Topliss-reactive ketones (excluding diaryl/α,β-unsaturated/α-hetero) is 1. The molecule has 0 aliphatic heterocycles. The van der Waals surface area contributed by atoms with Crippen LogP contribution in [-0.4, -0.2) is 12.9 Å². The summed E-state index contributed by atoms with van der Waals surface area (Å²) in [4.78, 5) is 12.0. The van der Waals surface area contributed by atoms with E-state index in [1.165, 1.54) is 19.4 Å². The molecule has 0 atom stereocenters. The first-order valence-corrected chi connectivity index (χ1v) is 5.52. The summed E-state index contributed by atoms with van der Waals surface area (Å²) in [5.41, 5.74) is 0.803. The van der Waals surface area contributed by atoms with Gasteiger partial charge in [-0.3, -0.25) is 4.79 Å². The summed E-state index contributed by atoms with van der Waals surface area (Å²) < 4.78 is 23.8. The number of ketones is 1. The first-order chi connectivity index (χ1) is 8.63. The zero-order valence-electron chi connectivity index (χ0n) is 10.2. The fourth-order valence-corrected chi connectivity index (χ4v) is 1.79. The molecule has 0 bridgehead atoms. The Hall–Kier alpha value is -2.10. The van der Waals surface area contributed by atoms with Crippen molar-refractivity contribution >= 4 is 5.78 Å². The van der Waals surface area contributed by atoms with Crippen LogP contribution in [0.2, 0.25) is 0 Å². The van der Waals surface area contributed by atoms with Gasteiger partial charge in [-0.2, -0.15) is 0 Å². The van der Waals surface area contributed by atoms with Gasteiger partial charge in [-0.15, -0.1) is 0 Å². The van der Waals surface area contributed by atoms with Crippen LogP contribution in [0.4, 0.5) is 4.39 Å². The quantitative estimate of drug-likeness (QED) is 0.780. The highest BCUT2D eigenvalue weighted by molar-refractivity contribution is 5.98. The van der Waals surface area contributed by atoms with Crippen molar-refractivity contribution < 1.29 is 18.3 Å². The molecule has 0 aliphatic rings. The van der Waals surface area contributed by atoms with Gasteiger partial charge in [-0.05, 0) is 24.6 Å². The van der Waals surface area contributed by atoms with Gasteiger partial charge in [0.05, 0.1) is 18.9 Å². The van der Waals surface area contributed by atoms with Gasteiger partial charge in [-0.25, -0.2) is 4.39 Å². The lowest BCUT2D eigenvalue weighted by atomic mass is 10.0. The molecule has 0 aliphatic carbocycles. The van der Waals surface area contributed by atoms with Crippen molar-refractivity contribution in [2.24, 2.45) is 0 Å². The van der Waals surface area contributed by atoms with Gasteiger partial charge in [0.1, 0.15) is 5.76 Å². The van der Waals surface area contributed by atoms with Crippen molar-refractivity contribution in [3.05, 3.63) is 53.2 Å². The number of benzene rings is 1. The molecule has 18 heavy (non-hydrogen) atoms. The van der Waals surface area contributed by atoms with Crippen LogP contribution in [0.5, 0.6) is 5.75 Å². The van der Waals surface area contributed by atoms with E-state index in [0.29, 0.717) is 16.9 Å². The summed E-state index contributed by atoms with van der Waals surface area (Å²) in [5.74, 6) is 0.0235. The third-order valence-electron chi connectivity index (χ3n) is 2.77. The van der Waals surface area contributed by atoms with Gasteiger partial charge < -0.3 is 9.15 Å². The Morgan fingerprint density at radius 2 is 2.17 bits per heavy atom. The third kappa shape index (κ3) is 2.27. The smallest absolute Gasteiger partial charge is 0.170 e. The van der Waals surface area contributed by atoms with Crippen LogP contribution < -0.4 is 4.74 Å². The Bertz CT molecular complexity index is 572. The van der Waals surface area contributed by atoms with Crippen LogP contribution in [0.3, 0.4) is 0 Å². The number of hydrogen-bond donors (Lipinski definition) is 0. The van der Waals surface area contributed by atoms with E-state index >= 15 is 0 Å². The van der Waals surface area contributed by atoms with Crippen LogP contribution in [0.15, 0.2) is 34.9 Å². The molecule has 0 radical (unpaired) electrons. The average Bonchev–Trinajstić information content (AvgIpc) is 2.78. The van der Waals surface area contributed by atoms with E-state index in [4.69, 9.17) is 9.15 Å². The summed E-state index contributed by atoms with van der Waals surface area (Å²) in [5, 5.41) is 0. The van der Waals surface area contributed by atoms with E-state index in [1.54, 1.807) is 25.1 Å². The van der Waals surface area contributed by atoms with E-state index in [-0.39, 0.29) is 18.0 Å². The Kier molecular flexibility index (Phi) is 3.46. The maximum absolute atomic E-state index is 13.9. The molecule has 3 nitrogen and oxygen atoms in total. The molecule has 0 fully saturated rings. The molecule has 4 heteroatoms. The first-order valence-electron chi connectivity index (χ1n) is 5.52. The average molecular weight is 248 g/mol. The second-order valence-electron chi connectivity index (χ2n) is 3.92. The molecular formula is C14H13FO3. The van der Waals surface area contributed by atoms with Crippen molar-refractivity contribution in [1.82, 2.24) is 0 Å². The number of halogens is 1. The Morgan fingerprint density at radius 3 is 2.78 bits per heavy atom. The fourth-order valence-electron chi connectivity index (χ4n) is 1.79. The highest BCUT2D eigenvalue weighted by Crippen LogP contribution is 2.22. The molecular weight excluding hydrogens is 235 g/mol. The van der Waals surface area contributed by atoms with Gasteiger partial charge >= 0.3 is 0 Å². The van der Waals surface area contributed by atoms with E-state index in [9.17, 15) is 9.18 Å². The first kappa shape index (κ1) is 12.4. The van der Waals surface area contributed by atoms with Crippen LogP contribution in [0, 0.1) is 12.7 Å². The molecule has 0 saturated heterocycles. The minimum absolute atomic E-state index is 0.0105. The number of methoxy groups -OCH3 is 1. The summed E-state index contributed by atoms with van der Waals surface area (Å²) >= 11 is 0. The third-order valence-corrected chi connectivity index (χ3v) is 2.77. The molecule has 0 unspecified atom stereocenters. The zero-order chi connectivity index (χ0) is 13.1. The second kappa shape index (κ2) is 5.04. The van der Waals surface area contributed by atoms with E-state index in [1.807, 2.05) is 0 Å². The maximum atomic E-state index is 13.9. The van der Waals surface area contributed by atoms with Crippen molar-refractivity contribution in [2.75, 3.05) is 7.11 Å². The zero-order valence-corrected chi connectivity index (χ0v) is 10.2. The van der Waals surface area contributed by atoms with E-state index in [0.717, 1.165) is 0 Å². The molecule has 2 rings (SSSR count). The van der Waals surface area contributed by atoms with Crippen molar-refractivity contribution in [2.45, 2.75) is 13.3 Å². The van der Waals surface area contributed by atoms with Gasteiger partial charge in [0.15, 0.2) is 17.3 Å². The molecule has 1 heterocycles. The summed E-state index contributed by atoms with van der Waals surface area (Å²) in [6.45, 7) is 1.70. The van der Waals surface area contributed by atoms with Gasteiger partial charge in [0, 0.05) is 6.42 Å². The lowest BCUT2D eigenvalue weighted by molar-refractivity contribution is 0.0990. The number of carbonyl (C=O) groups is 1. The maximum Gasteiger partial charge on any atom is 0.170 e. The molecule has 1 aromatic heterocycles. The SMILES string of the molecule is COc1cccc(CC(=O)c2ccoc2C)c1F. The highest BCUT2D eigenvalue weighted by Gasteiger charge is 2.16. The van der Waals surface area contributed by atoms with Crippen molar-refractivity contribution in [3.8, 4) is 5.75 Å². The Balaban J connectivity index is 2.25. The molecule has 0 amide bonds. The highest BCUT2D eigenvalue weighted by atomic mass is 19.1. The molecule has 94 valence electrons. The van der Waals surface area contributed by atoms with Gasteiger partial charge in [-0.1, -0.05) is 12.1 Å². The largest absolute Gasteiger partial charge is 0.494 e. The van der Waals surface area contributed by atoms with Crippen LogP contribution in [-0.2, 0) is 6.42 Å². The number of furan rings is 1. The number of aryl methyl sites for hydroxylation is 1. The Morgan fingerprint density at radius 1 is 1.39 bits per heavy atom. The van der Waals surface area contributed by atoms with Crippen molar-refractivity contribution in [1.29, 1.82) is 0 Å². The van der Waals surface area contributed by atoms with Gasteiger partial charge in [0.2, 0.25) is 0 Å². The summed E-state index contributed by atoms with van der Waals surface area (Å²) in [6.07, 6.45) is 1.44. The second-order valence-corrected chi connectivity index (χ2v) is 3.92. The fraction of sp³-hybridized carbons (Fsp3) is 0.214. The van der Waals surface area contributed by atoms with Crippen molar-refractivity contribution in [3.63, 3.8) is 0 Å². The topological polar surface area (TPSA) is 39.4 Å². The normalized spacial score (nSPS) is 10.4. The number of carbonyl (C=O) groups excluding carboxylic acids is 1. The van der Waals surface area contributed by atoms with Gasteiger partial charge in [0.25, 0.3) is 0 Å². The molecule has 0 N–H and O–H groups in total. The van der Waals surface area contributed by atoms with Crippen LogP contribution >= 0.6 is 0 Å².